The first-order chi connectivity index (χ1) is 16.8. The lowest BCUT2D eigenvalue weighted by molar-refractivity contribution is -0.145. The molecule has 4 aromatic rings. The van der Waals surface area contributed by atoms with Gasteiger partial charge in [-0.25, -0.2) is 9.78 Å². The standard InChI is InChI=1S/C26H26N2O7/c1-15-7-8-18-17(10-24(30)35-25(18)16(15)2)13-34-23(29)6-5-9-28-14-27-20-12-22(33-4)21(32-3)11-19(20)26(28)31/h7-8,10-12,14H,5-6,9,13H2,1-4H3. The Morgan fingerprint density at radius 1 is 1.03 bits per heavy atom. The van der Waals surface area contributed by atoms with Crippen LogP contribution in [0.4, 0.5) is 0 Å². The molecular formula is C26H26N2O7. The third-order valence-corrected chi connectivity index (χ3v) is 6.02. The van der Waals surface area contributed by atoms with Gasteiger partial charge in [0.1, 0.15) is 12.2 Å². The van der Waals surface area contributed by atoms with Crippen LogP contribution in [-0.2, 0) is 22.7 Å². The highest BCUT2D eigenvalue weighted by molar-refractivity contribution is 5.84. The number of rotatable bonds is 8. The van der Waals surface area contributed by atoms with Crippen molar-refractivity contribution >= 4 is 27.8 Å². The predicted octanol–water partition coefficient (Wildman–Crippen LogP) is 3.66. The fraction of sp³-hybridized carbons (Fsp3) is 0.308. The summed E-state index contributed by atoms with van der Waals surface area (Å²) in [6.45, 7) is 4.07. The van der Waals surface area contributed by atoms with Crippen molar-refractivity contribution in [3.63, 3.8) is 0 Å². The van der Waals surface area contributed by atoms with Crippen molar-refractivity contribution in [3.8, 4) is 11.5 Å². The molecule has 9 nitrogen and oxygen atoms in total. The Hall–Kier alpha value is -4.14. The molecule has 0 amide bonds. The zero-order valence-electron chi connectivity index (χ0n) is 20.0. The summed E-state index contributed by atoms with van der Waals surface area (Å²) in [5, 5.41) is 1.13. The second-order valence-corrected chi connectivity index (χ2v) is 8.21. The van der Waals surface area contributed by atoms with Crippen molar-refractivity contribution in [2.24, 2.45) is 0 Å². The number of nitrogens with zero attached hydrogens (tertiary/aromatic N) is 2. The topological polar surface area (TPSA) is 110 Å². The molecule has 0 aliphatic carbocycles. The molecule has 0 saturated carbocycles. The third kappa shape index (κ3) is 4.89. The van der Waals surface area contributed by atoms with E-state index in [1.807, 2.05) is 26.0 Å². The molecule has 2 heterocycles. The first-order valence-corrected chi connectivity index (χ1v) is 11.1. The average Bonchev–Trinajstić information content (AvgIpc) is 2.85. The van der Waals surface area contributed by atoms with Crippen LogP contribution in [0.5, 0.6) is 11.5 Å². The molecule has 0 atom stereocenters. The maximum absolute atomic E-state index is 12.9. The van der Waals surface area contributed by atoms with E-state index in [-0.39, 0.29) is 18.6 Å². The zero-order valence-corrected chi connectivity index (χ0v) is 20.0. The summed E-state index contributed by atoms with van der Waals surface area (Å²) in [4.78, 5) is 41.5. The summed E-state index contributed by atoms with van der Waals surface area (Å²) in [6.07, 6.45) is 1.94. The second kappa shape index (κ2) is 10.0. The van der Waals surface area contributed by atoms with Crippen LogP contribution in [0.3, 0.4) is 0 Å². The van der Waals surface area contributed by atoms with Crippen LogP contribution in [0.25, 0.3) is 21.9 Å². The van der Waals surface area contributed by atoms with Crippen molar-refractivity contribution in [3.05, 3.63) is 74.1 Å². The first-order valence-electron chi connectivity index (χ1n) is 11.1. The van der Waals surface area contributed by atoms with Crippen LogP contribution >= 0.6 is 0 Å². The second-order valence-electron chi connectivity index (χ2n) is 8.21. The van der Waals surface area contributed by atoms with Crippen molar-refractivity contribution < 1.29 is 23.4 Å². The summed E-state index contributed by atoms with van der Waals surface area (Å²) < 4.78 is 22.7. The van der Waals surface area contributed by atoms with Crippen LogP contribution in [-0.4, -0.2) is 29.7 Å². The molecular weight excluding hydrogens is 452 g/mol. The Morgan fingerprint density at radius 2 is 1.77 bits per heavy atom. The van der Waals surface area contributed by atoms with Gasteiger partial charge in [-0.2, -0.15) is 0 Å². The molecule has 0 fully saturated rings. The van der Waals surface area contributed by atoms with E-state index in [0.717, 1.165) is 16.5 Å². The molecule has 0 unspecified atom stereocenters. The van der Waals surface area contributed by atoms with Crippen molar-refractivity contribution in [2.45, 2.75) is 39.8 Å². The minimum Gasteiger partial charge on any atom is -0.493 e. The molecule has 0 radical (unpaired) electrons. The van der Waals surface area contributed by atoms with Gasteiger partial charge in [-0.15, -0.1) is 0 Å². The average molecular weight is 479 g/mol. The molecule has 9 heteroatoms. The Balaban J connectivity index is 1.41. The zero-order chi connectivity index (χ0) is 25.1. The Bertz CT molecular complexity index is 1540. The molecule has 0 aliphatic rings. The van der Waals surface area contributed by atoms with Crippen molar-refractivity contribution in [1.29, 1.82) is 0 Å². The summed E-state index contributed by atoms with van der Waals surface area (Å²) in [6, 6.07) is 8.37. The largest absolute Gasteiger partial charge is 0.493 e. The number of benzene rings is 2. The highest BCUT2D eigenvalue weighted by Gasteiger charge is 2.13. The van der Waals surface area contributed by atoms with Gasteiger partial charge in [-0.1, -0.05) is 12.1 Å². The van der Waals surface area contributed by atoms with Gasteiger partial charge in [-0.3, -0.25) is 14.2 Å². The number of hydrogen-bond acceptors (Lipinski definition) is 8. The SMILES string of the molecule is COc1cc2ncn(CCCC(=O)OCc3cc(=O)oc4c(C)c(C)ccc34)c(=O)c2cc1OC. The van der Waals surface area contributed by atoms with E-state index in [4.69, 9.17) is 18.6 Å². The first kappa shape index (κ1) is 24.0. The maximum Gasteiger partial charge on any atom is 0.336 e. The predicted molar refractivity (Wildman–Crippen MR) is 130 cm³/mol. The summed E-state index contributed by atoms with van der Waals surface area (Å²) >= 11 is 0. The highest BCUT2D eigenvalue weighted by atomic mass is 16.5. The maximum atomic E-state index is 12.9. The quantitative estimate of drug-likeness (QED) is 0.279. The molecule has 0 aliphatic heterocycles. The monoisotopic (exact) mass is 478 g/mol. The van der Waals surface area contributed by atoms with Gasteiger partial charge < -0.3 is 18.6 Å². The highest BCUT2D eigenvalue weighted by Crippen LogP contribution is 2.30. The third-order valence-electron chi connectivity index (χ3n) is 6.02. The minimum atomic E-state index is -0.491. The molecule has 182 valence electrons. The van der Waals surface area contributed by atoms with Gasteiger partial charge >= 0.3 is 11.6 Å². The van der Waals surface area contributed by atoms with Crippen molar-refractivity contribution in [1.82, 2.24) is 9.55 Å². The fourth-order valence-corrected chi connectivity index (χ4v) is 3.91. The van der Waals surface area contributed by atoms with Gasteiger partial charge in [0.05, 0.1) is 31.4 Å². The van der Waals surface area contributed by atoms with E-state index >= 15 is 0 Å². The van der Waals surface area contributed by atoms with E-state index in [2.05, 4.69) is 4.98 Å². The normalized spacial score (nSPS) is 11.1. The van der Waals surface area contributed by atoms with E-state index < -0.39 is 11.6 Å². The van der Waals surface area contributed by atoms with Gasteiger partial charge in [0, 0.05) is 36.0 Å². The summed E-state index contributed by atoms with van der Waals surface area (Å²) in [7, 11) is 3.01. The van der Waals surface area contributed by atoms with Gasteiger partial charge in [-0.05, 0) is 37.5 Å². The van der Waals surface area contributed by atoms with Gasteiger partial charge in [0.15, 0.2) is 11.5 Å². The lowest BCUT2D eigenvalue weighted by Crippen LogP contribution is -2.21. The number of aromatic nitrogens is 2. The lowest BCUT2D eigenvalue weighted by Gasteiger charge is -2.11. The van der Waals surface area contributed by atoms with Crippen LogP contribution in [0.1, 0.15) is 29.5 Å². The van der Waals surface area contributed by atoms with E-state index in [9.17, 15) is 14.4 Å². The van der Waals surface area contributed by atoms with E-state index in [1.54, 1.807) is 12.1 Å². The Morgan fingerprint density at radius 3 is 2.51 bits per heavy atom. The minimum absolute atomic E-state index is 0.0391. The van der Waals surface area contributed by atoms with Crippen molar-refractivity contribution in [2.75, 3.05) is 14.2 Å². The molecule has 35 heavy (non-hydrogen) atoms. The summed E-state index contributed by atoms with van der Waals surface area (Å²) in [5.41, 5.74) is 2.73. The number of carbonyl (C=O) groups is 1. The molecule has 0 saturated heterocycles. The molecule has 0 N–H and O–H groups in total. The number of carbonyl (C=O) groups excluding carboxylic acids is 1. The van der Waals surface area contributed by atoms with Crippen LogP contribution in [0.15, 0.2) is 50.7 Å². The molecule has 0 bridgehead atoms. The Kier molecular flexibility index (Phi) is 6.86. The smallest absolute Gasteiger partial charge is 0.336 e. The van der Waals surface area contributed by atoms with E-state index in [0.29, 0.717) is 46.5 Å². The Labute approximate surface area is 200 Å². The number of aryl methyl sites for hydroxylation is 3. The number of methoxy groups -OCH3 is 2. The molecule has 2 aromatic carbocycles. The lowest BCUT2D eigenvalue weighted by atomic mass is 10.0. The summed E-state index contributed by atoms with van der Waals surface area (Å²) in [5.74, 6) is 0.498. The number of esters is 1. The molecule has 0 spiro atoms. The number of ether oxygens (including phenoxy) is 3. The van der Waals surface area contributed by atoms with Gasteiger partial charge in [0.2, 0.25) is 0 Å². The number of hydrogen-bond donors (Lipinski definition) is 0. The number of fused-ring (bicyclic) bond motifs is 2. The molecule has 4 rings (SSSR count). The molecule has 2 aromatic heterocycles. The van der Waals surface area contributed by atoms with E-state index in [1.165, 1.54) is 31.2 Å². The fourth-order valence-electron chi connectivity index (χ4n) is 3.91. The van der Waals surface area contributed by atoms with Crippen LogP contribution in [0, 0.1) is 13.8 Å². The van der Waals surface area contributed by atoms with Crippen LogP contribution < -0.4 is 20.7 Å². The van der Waals surface area contributed by atoms with Gasteiger partial charge in [0.25, 0.3) is 5.56 Å². The van der Waals surface area contributed by atoms with Crippen LogP contribution in [0.2, 0.25) is 0 Å².